The molecule has 0 nitrogen and oxygen atoms in total. The summed E-state index contributed by atoms with van der Waals surface area (Å²) in [6.45, 7) is 12.0. The van der Waals surface area contributed by atoms with E-state index in [-0.39, 0.29) is 14.9 Å². The summed E-state index contributed by atoms with van der Waals surface area (Å²) in [5, 5.41) is 0. The molecule has 0 radical (unpaired) electrons. The summed E-state index contributed by atoms with van der Waals surface area (Å²) in [6.07, 6.45) is 0. The van der Waals surface area contributed by atoms with Crippen LogP contribution in [0.15, 0.2) is 36.4 Å². The Morgan fingerprint density at radius 3 is 0.500 bits per heavy atom. The second-order valence-corrected chi connectivity index (χ2v) is 1.15. The second-order valence-electron chi connectivity index (χ2n) is 1.15. The summed E-state index contributed by atoms with van der Waals surface area (Å²) in [6, 6.07) is 12.0. The van der Waals surface area contributed by atoms with Crippen molar-refractivity contribution in [1.29, 1.82) is 0 Å². The minimum Gasteiger partial charge on any atom is -0.0776 e. The molecule has 14 heavy (non-hydrogen) atoms. The van der Waals surface area contributed by atoms with E-state index >= 15 is 0 Å². The molecule has 0 aromatic heterocycles. The van der Waals surface area contributed by atoms with Gasteiger partial charge in [0.05, 0.1) is 0 Å². The van der Waals surface area contributed by atoms with Crippen LogP contribution in [-0.2, 0) is 0 Å². The molecular formula is C14H32. The zero-order valence-electron chi connectivity index (χ0n) is 9.46. The van der Waals surface area contributed by atoms with Gasteiger partial charge in [-0.1, -0.05) is 92.8 Å². The fraction of sp³-hybridized carbons (Fsp3) is 0.571. The van der Waals surface area contributed by atoms with Crippen molar-refractivity contribution in [2.24, 2.45) is 0 Å². The SMILES string of the molecule is C.C.CC.CC.CC.c1ccccc1. The van der Waals surface area contributed by atoms with E-state index in [9.17, 15) is 0 Å². The van der Waals surface area contributed by atoms with Gasteiger partial charge in [-0.15, -0.1) is 0 Å². The first-order valence-corrected chi connectivity index (χ1v) is 5.00. The number of rotatable bonds is 0. The molecule has 1 rings (SSSR count). The Morgan fingerprint density at radius 1 is 0.357 bits per heavy atom. The molecule has 88 valence electrons. The van der Waals surface area contributed by atoms with Crippen molar-refractivity contribution in [3.05, 3.63) is 36.4 Å². The highest BCUT2D eigenvalue weighted by Gasteiger charge is 1.57. The molecule has 0 saturated heterocycles. The van der Waals surface area contributed by atoms with E-state index < -0.39 is 0 Å². The average molecular weight is 200 g/mol. The van der Waals surface area contributed by atoms with Gasteiger partial charge in [-0.2, -0.15) is 0 Å². The third-order valence-electron chi connectivity index (χ3n) is 0.667. The van der Waals surface area contributed by atoms with Crippen LogP contribution in [0.3, 0.4) is 0 Å². The second kappa shape index (κ2) is 56.5. The molecule has 1 aromatic rings. The van der Waals surface area contributed by atoms with Crippen LogP contribution in [-0.4, -0.2) is 0 Å². The Bertz CT molecular complexity index is 72.0. The van der Waals surface area contributed by atoms with Crippen molar-refractivity contribution >= 4 is 0 Å². The lowest BCUT2D eigenvalue weighted by Gasteiger charge is -1.69. The Balaban J connectivity index is -0.0000000300. The first kappa shape index (κ1) is 29.2. The number of hydrogen-bond donors (Lipinski definition) is 0. The number of hydrogen-bond acceptors (Lipinski definition) is 0. The Hall–Kier alpha value is -0.780. The van der Waals surface area contributed by atoms with Crippen LogP contribution in [0, 0.1) is 0 Å². The zero-order valence-corrected chi connectivity index (χ0v) is 9.46. The van der Waals surface area contributed by atoms with E-state index in [0.717, 1.165) is 0 Å². The summed E-state index contributed by atoms with van der Waals surface area (Å²) in [4.78, 5) is 0. The van der Waals surface area contributed by atoms with Crippen LogP contribution < -0.4 is 0 Å². The van der Waals surface area contributed by atoms with Crippen molar-refractivity contribution in [3.63, 3.8) is 0 Å². The Labute approximate surface area is 93.4 Å². The quantitative estimate of drug-likeness (QED) is 0.479. The normalized spacial score (nSPS) is 4.71. The summed E-state index contributed by atoms with van der Waals surface area (Å²) in [7, 11) is 0. The van der Waals surface area contributed by atoms with Crippen molar-refractivity contribution < 1.29 is 0 Å². The third-order valence-corrected chi connectivity index (χ3v) is 0.667. The predicted octanol–water partition coefficient (Wildman–Crippen LogP) is 6.04. The molecule has 0 saturated carbocycles. The van der Waals surface area contributed by atoms with Crippen LogP contribution in [0.2, 0.25) is 0 Å². The van der Waals surface area contributed by atoms with Crippen molar-refractivity contribution in [2.45, 2.75) is 56.4 Å². The van der Waals surface area contributed by atoms with Gasteiger partial charge in [0.1, 0.15) is 0 Å². The first-order chi connectivity index (χ1) is 6.00. The largest absolute Gasteiger partial charge is 0.0776 e. The molecular weight excluding hydrogens is 168 g/mol. The van der Waals surface area contributed by atoms with Crippen LogP contribution >= 0.6 is 0 Å². The van der Waals surface area contributed by atoms with Crippen LogP contribution in [0.4, 0.5) is 0 Å². The Morgan fingerprint density at radius 2 is 0.429 bits per heavy atom. The van der Waals surface area contributed by atoms with Gasteiger partial charge in [0.25, 0.3) is 0 Å². The average Bonchev–Trinajstić information content (AvgIpc) is 2.29. The maximum atomic E-state index is 2.00. The van der Waals surface area contributed by atoms with E-state index in [1.165, 1.54) is 0 Å². The predicted molar refractivity (Wildman–Crippen MR) is 73.9 cm³/mol. The third kappa shape index (κ3) is 43.0. The van der Waals surface area contributed by atoms with Crippen molar-refractivity contribution in [3.8, 4) is 0 Å². The fourth-order valence-corrected chi connectivity index (χ4v) is 0.385. The molecule has 0 amide bonds. The van der Waals surface area contributed by atoms with Crippen LogP contribution in [0.1, 0.15) is 56.4 Å². The fourth-order valence-electron chi connectivity index (χ4n) is 0.385. The van der Waals surface area contributed by atoms with Gasteiger partial charge in [0.15, 0.2) is 0 Å². The van der Waals surface area contributed by atoms with E-state index in [1.807, 2.05) is 77.9 Å². The van der Waals surface area contributed by atoms with E-state index in [0.29, 0.717) is 0 Å². The molecule has 0 bridgehead atoms. The van der Waals surface area contributed by atoms with Gasteiger partial charge in [-0.05, 0) is 0 Å². The summed E-state index contributed by atoms with van der Waals surface area (Å²) >= 11 is 0. The smallest absolute Gasteiger partial charge is 0.0623 e. The topological polar surface area (TPSA) is 0 Å². The van der Waals surface area contributed by atoms with E-state index in [2.05, 4.69) is 0 Å². The van der Waals surface area contributed by atoms with Gasteiger partial charge in [0, 0.05) is 0 Å². The van der Waals surface area contributed by atoms with E-state index in [1.54, 1.807) is 0 Å². The Kier molecular flexibility index (Phi) is 118. The molecule has 0 N–H and O–H groups in total. The molecule has 0 unspecified atom stereocenters. The number of benzene rings is 1. The maximum absolute atomic E-state index is 2.00. The minimum atomic E-state index is 0. The molecule has 0 aliphatic rings. The van der Waals surface area contributed by atoms with Gasteiger partial charge in [0.2, 0.25) is 0 Å². The van der Waals surface area contributed by atoms with Crippen LogP contribution in [0.25, 0.3) is 0 Å². The monoisotopic (exact) mass is 200 g/mol. The van der Waals surface area contributed by atoms with Crippen molar-refractivity contribution in [2.75, 3.05) is 0 Å². The molecule has 0 aliphatic carbocycles. The standard InChI is InChI=1S/C6H6.3C2H6.2CH4/c1-2-4-6-5-3-1;3*1-2;;/h1-6H;3*1-2H3;2*1H4. The highest BCUT2D eigenvalue weighted by Crippen LogP contribution is 1.79. The van der Waals surface area contributed by atoms with Gasteiger partial charge < -0.3 is 0 Å². The molecule has 0 heterocycles. The molecule has 0 aliphatic heterocycles. The molecule has 0 spiro atoms. The molecule has 0 heteroatoms. The first-order valence-electron chi connectivity index (χ1n) is 5.00. The molecule has 1 aromatic carbocycles. The van der Waals surface area contributed by atoms with Gasteiger partial charge >= 0.3 is 0 Å². The summed E-state index contributed by atoms with van der Waals surface area (Å²) in [5.74, 6) is 0. The van der Waals surface area contributed by atoms with Gasteiger partial charge in [-0.25, -0.2) is 0 Å². The lowest BCUT2D eigenvalue weighted by molar-refractivity contribution is 1.50. The molecule has 0 fully saturated rings. The molecule has 0 atom stereocenters. The lowest BCUT2D eigenvalue weighted by Crippen LogP contribution is -1.47. The summed E-state index contributed by atoms with van der Waals surface area (Å²) < 4.78 is 0. The summed E-state index contributed by atoms with van der Waals surface area (Å²) in [5.41, 5.74) is 0. The minimum absolute atomic E-state index is 0. The van der Waals surface area contributed by atoms with Crippen molar-refractivity contribution in [1.82, 2.24) is 0 Å². The highest BCUT2D eigenvalue weighted by atomic mass is 13.6. The zero-order chi connectivity index (χ0) is 10.2. The van der Waals surface area contributed by atoms with Crippen LogP contribution in [0.5, 0.6) is 0 Å². The maximum Gasteiger partial charge on any atom is -0.0623 e. The lowest BCUT2D eigenvalue weighted by atomic mass is 10.4. The van der Waals surface area contributed by atoms with E-state index in [4.69, 9.17) is 0 Å². The van der Waals surface area contributed by atoms with Gasteiger partial charge in [-0.3, -0.25) is 0 Å². The highest BCUT2D eigenvalue weighted by molar-refractivity contribution is 4.99.